The van der Waals surface area contributed by atoms with E-state index in [2.05, 4.69) is 0 Å². The zero-order valence-electron chi connectivity index (χ0n) is 6.19. The first-order valence-electron chi connectivity index (χ1n) is 2.85. The Morgan fingerprint density at radius 3 is 1.54 bits per heavy atom. The molecule has 0 aliphatic heterocycles. The standard InChI is InChI=1S/C5H5F5O3/c1-3(13,5(8,9)10)4(6,7)2(11)12/h13H,1H3,(H,11,12). The molecule has 8 heteroatoms. The molecule has 13 heavy (non-hydrogen) atoms. The van der Waals surface area contributed by atoms with Gasteiger partial charge in [-0.2, -0.15) is 22.0 Å². The van der Waals surface area contributed by atoms with Crippen LogP contribution in [-0.4, -0.2) is 33.9 Å². The van der Waals surface area contributed by atoms with E-state index < -0.39 is 23.7 Å². The average molecular weight is 208 g/mol. The first-order chi connectivity index (χ1) is 5.44. The van der Waals surface area contributed by atoms with Crippen molar-refractivity contribution in [1.29, 1.82) is 0 Å². The predicted molar refractivity (Wildman–Crippen MR) is 29.3 cm³/mol. The van der Waals surface area contributed by atoms with Gasteiger partial charge in [-0.3, -0.25) is 0 Å². The molecule has 0 rings (SSSR count). The van der Waals surface area contributed by atoms with E-state index in [9.17, 15) is 26.7 Å². The zero-order chi connectivity index (χ0) is 11.1. The second-order valence-electron chi connectivity index (χ2n) is 2.45. The van der Waals surface area contributed by atoms with Gasteiger partial charge in [-0.15, -0.1) is 0 Å². The molecule has 0 aromatic carbocycles. The molecular weight excluding hydrogens is 203 g/mol. The summed E-state index contributed by atoms with van der Waals surface area (Å²) in [6.07, 6.45) is -5.71. The minimum Gasteiger partial charge on any atom is -0.477 e. The van der Waals surface area contributed by atoms with Crippen LogP contribution in [0.25, 0.3) is 0 Å². The van der Waals surface area contributed by atoms with Crippen molar-refractivity contribution in [2.75, 3.05) is 0 Å². The van der Waals surface area contributed by atoms with Gasteiger partial charge in [-0.25, -0.2) is 4.79 Å². The molecule has 1 atom stereocenters. The number of hydrogen-bond donors (Lipinski definition) is 2. The smallest absolute Gasteiger partial charge is 0.423 e. The van der Waals surface area contributed by atoms with Crippen LogP contribution in [0.2, 0.25) is 0 Å². The second kappa shape index (κ2) is 2.79. The van der Waals surface area contributed by atoms with Crippen molar-refractivity contribution in [3.8, 4) is 0 Å². The summed E-state index contributed by atoms with van der Waals surface area (Å²) in [5, 5.41) is 16.0. The third-order valence-electron chi connectivity index (χ3n) is 1.43. The lowest BCUT2D eigenvalue weighted by molar-refractivity contribution is -0.318. The fourth-order valence-corrected chi connectivity index (χ4v) is 0.386. The van der Waals surface area contributed by atoms with E-state index in [0.29, 0.717) is 0 Å². The van der Waals surface area contributed by atoms with Gasteiger partial charge >= 0.3 is 18.1 Å². The fourth-order valence-electron chi connectivity index (χ4n) is 0.386. The molecule has 0 heterocycles. The van der Waals surface area contributed by atoms with E-state index in [1.165, 1.54) is 0 Å². The summed E-state index contributed by atoms with van der Waals surface area (Å²) in [5.74, 6) is -8.31. The van der Waals surface area contributed by atoms with Crippen molar-refractivity contribution >= 4 is 5.97 Å². The normalized spacial score (nSPS) is 18.1. The summed E-state index contributed by atoms with van der Waals surface area (Å²) >= 11 is 0. The number of rotatable bonds is 2. The van der Waals surface area contributed by atoms with Crippen LogP contribution >= 0.6 is 0 Å². The van der Waals surface area contributed by atoms with Crippen molar-refractivity contribution in [2.45, 2.75) is 24.6 Å². The Kier molecular flexibility index (Phi) is 2.59. The fraction of sp³-hybridized carbons (Fsp3) is 0.800. The van der Waals surface area contributed by atoms with Gasteiger partial charge in [0.1, 0.15) is 0 Å². The number of carboxylic acid groups (broad SMARTS) is 1. The number of aliphatic carboxylic acids is 1. The average Bonchev–Trinajstić information content (AvgIpc) is 1.84. The molecule has 0 aromatic rings. The van der Waals surface area contributed by atoms with Crippen LogP contribution in [-0.2, 0) is 4.79 Å². The highest BCUT2D eigenvalue weighted by atomic mass is 19.4. The van der Waals surface area contributed by atoms with Crippen molar-refractivity contribution in [3.05, 3.63) is 0 Å². The summed E-state index contributed by atoms with van der Waals surface area (Å²) in [7, 11) is 0. The molecule has 3 nitrogen and oxygen atoms in total. The number of alkyl halides is 5. The van der Waals surface area contributed by atoms with Crippen LogP contribution in [0.5, 0.6) is 0 Å². The lowest BCUT2D eigenvalue weighted by Crippen LogP contribution is -2.60. The van der Waals surface area contributed by atoms with E-state index in [1.807, 2.05) is 0 Å². The number of halogens is 5. The molecular formula is C5H5F5O3. The van der Waals surface area contributed by atoms with Crippen LogP contribution in [0, 0.1) is 0 Å². The van der Waals surface area contributed by atoms with Gasteiger partial charge in [-0.1, -0.05) is 0 Å². The van der Waals surface area contributed by atoms with E-state index in [1.54, 1.807) is 0 Å². The molecule has 0 aromatic heterocycles. The predicted octanol–water partition coefficient (Wildman–Crippen LogP) is 1.02. The van der Waals surface area contributed by atoms with Crippen molar-refractivity contribution in [3.63, 3.8) is 0 Å². The van der Waals surface area contributed by atoms with Gasteiger partial charge in [0.2, 0.25) is 5.60 Å². The molecule has 0 saturated heterocycles. The summed E-state index contributed by atoms with van der Waals surface area (Å²) < 4.78 is 59.6. The van der Waals surface area contributed by atoms with Gasteiger partial charge < -0.3 is 10.2 Å². The Morgan fingerprint density at radius 1 is 1.15 bits per heavy atom. The Labute approximate surface area is 68.8 Å². The largest absolute Gasteiger partial charge is 0.477 e. The highest BCUT2D eigenvalue weighted by Gasteiger charge is 2.69. The zero-order valence-corrected chi connectivity index (χ0v) is 6.19. The molecule has 0 spiro atoms. The molecule has 0 fully saturated rings. The molecule has 1 unspecified atom stereocenters. The SMILES string of the molecule is CC(O)(C(F)(F)F)C(F)(F)C(=O)O. The third-order valence-corrected chi connectivity index (χ3v) is 1.43. The van der Waals surface area contributed by atoms with Crippen LogP contribution in [0.3, 0.4) is 0 Å². The van der Waals surface area contributed by atoms with Crippen LogP contribution in [0.4, 0.5) is 22.0 Å². The van der Waals surface area contributed by atoms with E-state index in [0.717, 1.165) is 0 Å². The van der Waals surface area contributed by atoms with E-state index >= 15 is 0 Å². The summed E-state index contributed by atoms with van der Waals surface area (Å²) in [4.78, 5) is 9.70. The van der Waals surface area contributed by atoms with E-state index in [-0.39, 0.29) is 6.92 Å². The Morgan fingerprint density at radius 2 is 1.46 bits per heavy atom. The first-order valence-corrected chi connectivity index (χ1v) is 2.85. The molecule has 78 valence electrons. The second-order valence-corrected chi connectivity index (χ2v) is 2.45. The quantitative estimate of drug-likeness (QED) is 0.666. The summed E-state index contributed by atoms with van der Waals surface area (Å²) in [5.41, 5.74) is -4.58. The summed E-state index contributed by atoms with van der Waals surface area (Å²) in [6.45, 7) is -0.304. The molecule has 0 amide bonds. The minimum absolute atomic E-state index is 0.304. The van der Waals surface area contributed by atoms with Crippen molar-refractivity contribution < 1.29 is 37.0 Å². The van der Waals surface area contributed by atoms with Crippen LogP contribution in [0.1, 0.15) is 6.92 Å². The summed E-state index contributed by atoms with van der Waals surface area (Å²) in [6, 6.07) is 0. The maximum absolute atomic E-state index is 12.3. The van der Waals surface area contributed by atoms with Crippen LogP contribution < -0.4 is 0 Å². The van der Waals surface area contributed by atoms with Crippen LogP contribution in [0.15, 0.2) is 0 Å². The number of carboxylic acids is 1. The monoisotopic (exact) mass is 208 g/mol. The lowest BCUT2D eigenvalue weighted by atomic mass is 9.97. The molecule has 2 N–H and O–H groups in total. The number of carbonyl (C=O) groups is 1. The topological polar surface area (TPSA) is 57.5 Å². The van der Waals surface area contributed by atoms with Gasteiger partial charge in [-0.05, 0) is 6.92 Å². The maximum Gasteiger partial charge on any atom is 0.423 e. The minimum atomic E-state index is -5.71. The number of hydrogen-bond acceptors (Lipinski definition) is 2. The molecule has 0 aliphatic carbocycles. The van der Waals surface area contributed by atoms with Gasteiger partial charge in [0.15, 0.2) is 0 Å². The van der Waals surface area contributed by atoms with Gasteiger partial charge in [0.25, 0.3) is 0 Å². The highest BCUT2D eigenvalue weighted by Crippen LogP contribution is 2.41. The van der Waals surface area contributed by atoms with Crippen molar-refractivity contribution in [2.24, 2.45) is 0 Å². The molecule has 0 aliphatic rings. The Hall–Kier alpha value is -0.920. The molecule has 0 radical (unpaired) electrons. The molecule has 0 bridgehead atoms. The third kappa shape index (κ3) is 1.71. The highest BCUT2D eigenvalue weighted by molar-refractivity contribution is 5.77. The lowest BCUT2D eigenvalue weighted by Gasteiger charge is -2.30. The van der Waals surface area contributed by atoms with Gasteiger partial charge in [0.05, 0.1) is 0 Å². The Bertz CT molecular complexity index is 219. The number of aliphatic hydroxyl groups is 1. The maximum atomic E-state index is 12.3. The van der Waals surface area contributed by atoms with Crippen molar-refractivity contribution in [1.82, 2.24) is 0 Å². The Balaban J connectivity index is 5.16. The van der Waals surface area contributed by atoms with E-state index in [4.69, 9.17) is 10.2 Å². The first kappa shape index (κ1) is 12.1. The van der Waals surface area contributed by atoms with Gasteiger partial charge in [0, 0.05) is 0 Å². The molecule has 0 saturated carbocycles.